The van der Waals surface area contributed by atoms with Gasteiger partial charge >= 0.3 is 0 Å². The SMILES string of the molecule is C[N+]1(C)CCCC1c1ccco1.[I-]. The summed E-state index contributed by atoms with van der Waals surface area (Å²) in [5, 5.41) is 0. The van der Waals surface area contributed by atoms with Crippen LogP contribution in [-0.2, 0) is 0 Å². The highest BCUT2D eigenvalue weighted by Crippen LogP contribution is 2.35. The van der Waals surface area contributed by atoms with Crippen LogP contribution in [0.2, 0.25) is 0 Å². The molecule has 1 aromatic rings. The van der Waals surface area contributed by atoms with Crippen molar-refractivity contribution in [3.8, 4) is 0 Å². The number of nitrogens with zero attached hydrogens (tertiary/aromatic N) is 1. The van der Waals surface area contributed by atoms with Gasteiger partial charge in [0.25, 0.3) is 0 Å². The molecule has 0 N–H and O–H groups in total. The van der Waals surface area contributed by atoms with Crippen LogP contribution in [0.4, 0.5) is 0 Å². The highest BCUT2D eigenvalue weighted by molar-refractivity contribution is 5.03. The molecule has 1 unspecified atom stereocenters. The Morgan fingerprint density at radius 2 is 2.23 bits per heavy atom. The van der Waals surface area contributed by atoms with Gasteiger partial charge in [-0.15, -0.1) is 0 Å². The van der Waals surface area contributed by atoms with E-state index in [0.29, 0.717) is 6.04 Å². The van der Waals surface area contributed by atoms with Crippen molar-refractivity contribution < 1.29 is 32.9 Å². The predicted molar refractivity (Wildman–Crippen MR) is 47.7 cm³/mol. The Morgan fingerprint density at radius 1 is 1.46 bits per heavy atom. The maximum Gasteiger partial charge on any atom is 0.161 e. The summed E-state index contributed by atoms with van der Waals surface area (Å²) in [6.07, 6.45) is 4.35. The molecule has 1 saturated heterocycles. The van der Waals surface area contributed by atoms with Gasteiger partial charge in [0, 0.05) is 12.8 Å². The highest BCUT2D eigenvalue weighted by atomic mass is 127. The first-order chi connectivity index (χ1) is 5.70. The van der Waals surface area contributed by atoms with Crippen LogP contribution < -0.4 is 24.0 Å². The average molecular weight is 293 g/mol. The number of halogens is 1. The van der Waals surface area contributed by atoms with Crippen LogP contribution in [0.5, 0.6) is 0 Å². The van der Waals surface area contributed by atoms with Crippen molar-refractivity contribution in [3.63, 3.8) is 0 Å². The fraction of sp³-hybridized carbons (Fsp3) is 0.600. The van der Waals surface area contributed by atoms with Gasteiger partial charge in [-0.25, -0.2) is 0 Å². The molecule has 0 spiro atoms. The van der Waals surface area contributed by atoms with Crippen molar-refractivity contribution in [2.75, 3.05) is 20.6 Å². The standard InChI is InChI=1S/C10H16NO.HI/c1-11(2)7-3-5-9(11)10-6-4-8-12-10;/h4,6,8-9H,3,5,7H2,1-2H3;1H/q+1;/p-1. The first-order valence-electron chi connectivity index (χ1n) is 4.56. The van der Waals surface area contributed by atoms with Gasteiger partial charge in [-0.1, -0.05) is 0 Å². The molecule has 0 saturated carbocycles. The minimum atomic E-state index is 0. The summed E-state index contributed by atoms with van der Waals surface area (Å²) in [6, 6.07) is 4.66. The van der Waals surface area contributed by atoms with Crippen LogP contribution in [0, 0.1) is 0 Å². The summed E-state index contributed by atoms with van der Waals surface area (Å²) >= 11 is 0. The topological polar surface area (TPSA) is 13.1 Å². The number of rotatable bonds is 1. The second-order valence-electron chi connectivity index (χ2n) is 4.18. The smallest absolute Gasteiger partial charge is 0.161 e. The molecule has 0 radical (unpaired) electrons. The zero-order valence-corrected chi connectivity index (χ0v) is 10.3. The lowest BCUT2D eigenvalue weighted by Gasteiger charge is -2.29. The Kier molecular flexibility index (Phi) is 3.40. The monoisotopic (exact) mass is 293 g/mol. The molecule has 74 valence electrons. The van der Waals surface area contributed by atoms with Crippen LogP contribution in [0.3, 0.4) is 0 Å². The Morgan fingerprint density at radius 3 is 2.69 bits per heavy atom. The summed E-state index contributed by atoms with van der Waals surface area (Å²) in [5.41, 5.74) is 0. The van der Waals surface area contributed by atoms with E-state index >= 15 is 0 Å². The average Bonchev–Trinajstić information content (AvgIpc) is 2.55. The Hall–Kier alpha value is -0.0300. The molecule has 2 heterocycles. The van der Waals surface area contributed by atoms with Gasteiger partial charge in [-0.2, -0.15) is 0 Å². The summed E-state index contributed by atoms with van der Waals surface area (Å²) < 4.78 is 6.51. The number of likely N-dealkylation sites (tertiary alicyclic amines) is 1. The molecule has 1 aliphatic heterocycles. The lowest BCUT2D eigenvalue weighted by atomic mass is 10.1. The van der Waals surface area contributed by atoms with E-state index in [4.69, 9.17) is 4.42 Å². The maximum absolute atomic E-state index is 5.44. The molecule has 0 bridgehead atoms. The lowest BCUT2D eigenvalue weighted by Crippen LogP contribution is -3.00. The van der Waals surface area contributed by atoms with Gasteiger partial charge in [-0.3, -0.25) is 0 Å². The van der Waals surface area contributed by atoms with Crippen molar-refractivity contribution >= 4 is 0 Å². The summed E-state index contributed by atoms with van der Waals surface area (Å²) in [4.78, 5) is 0. The fourth-order valence-corrected chi connectivity index (χ4v) is 2.17. The molecule has 0 amide bonds. The molecular formula is C10H16INO. The van der Waals surface area contributed by atoms with E-state index in [2.05, 4.69) is 20.2 Å². The third-order valence-electron chi connectivity index (χ3n) is 2.93. The van der Waals surface area contributed by atoms with E-state index in [0.717, 1.165) is 10.2 Å². The largest absolute Gasteiger partial charge is 1.00 e. The minimum absolute atomic E-state index is 0. The molecule has 1 aromatic heterocycles. The summed E-state index contributed by atoms with van der Waals surface area (Å²) in [7, 11) is 4.56. The Labute approximate surface area is 96.5 Å². The second kappa shape index (κ2) is 4.00. The molecule has 2 rings (SSSR count). The Balaban J connectivity index is 0.000000845. The highest BCUT2D eigenvalue weighted by Gasteiger charge is 2.36. The van der Waals surface area contributed by atoms with Crippen LogP contribution in [0.25, 0.3) is 0 Å². The summed E-state index contributed by atoms with van der Waals surface area (Å²) in [5.74, 6) is 1.15. The van der Waals surface area contributed by atoms with Crippen molar-refractivity contribution in [3.05, 3.63) is 24.2 Å². The molecule has 1 fully saturated rings. The first-order valence-corrected chi connectivity index (χ1v) is 4.56. The van der Waals surface area contributed by atoms with Gasteiger partial charge in [0.15, 0.2) is 5.76 Å². The van der Waals surface area contributed by atoms with Crippen LogP contribution >= 0.6 is 0 Å². The van der Waals surface area contributed by atoms with Gasteiger partial charge in [0.2, 0.25) is 0 Å². The van der Waals surface area contributed by atoms with E-state index in [1.165, 1.54) is 19.4 Å². The van der Waals surface area contributed by atoms with Gasteiger partial charge in [0.1, 0.15) is 6.04 Å². The summed E-state index contributed by atoms with van der Waals surface area (Å²) in [6.45, 7) is 1.27. The molecule has 1 aliphatic rings. The third kappa shape index (κ3) is 2.07. The van der Waals surface area contributed by atoms with Crippen LogP contribution in [0.15, 0.2) is 22.8 Å². The molecule has 2 nitrogen and oxygen atoms in total. The van der Waals surface area contributed by atoms with E-state index < -0.39 is 0 Å². The molecule has 13 heavy (non-hydrogen) atoms. The number of hydrogen-bond acceptors (Lipinski definition) is 1. The first kappa shape index (κ1) is 11.0. The molecule has 1 atom stereocenters. The van der Waals surface area contributed by atoms with Crippen LogP contribution in [-0.4, -0.2) is 25.1 Å². The molecule has 3 heteroatoms. The zero-order valence-electron chi connectivity index (χ0n) is 8.16. The van der Waals surface area contributed by atoms with Crippen molar-refractivity contribution in [1.82, 2.24) is 0 Å². The van der Waals surface area contributed by atoms with E-state index in [-0.39, 0.29) is 24.0 Å². The van der Waals surface area contributed by atoms with Crippen molar-refractivity contribution in [2.45, 2.75) is 18.9 Å². The van der Waals surface area contributed by atoms with Gasteiger partial charge in [0.05, 0.1) is 26.9 Å². The zero-order chi connectivity index (χ0) is 8.60. The Bertz CT molecular complexity index is 256. The fourth-order valence-electron chi connectivity index (χ4n) is 2.17. The quantitative estimate of drug-likeness (QED) is 0.488. The van der Waals surface area contributed by atoms with E-state index in [9.17, 15) is 0 Å². The maximum atomic E-state index is 5.44. The minimum Gasteiger partial charge on any atom is -1.00 e. The predicted octanol–water partition coefficient (Wildman–Crippen LogP) is -0.805. The number of hydrogen-bond donors (Lipinski definition) is 0. The normalized spacial score (nSPS) is 25.5. The third-order valence-corrected chi connectivity index (χ3v) is 2.93. The van der Waals surface area contributed by atoms with E-state index in [1.807, 2.05) is 6.07 Å². The lowest BCUT2D eigenvalue weighted by molar-refractivity contribution is -0.909. The molecular weight excluding hydrogens is 277 g/mol. The second-order valence-corrected chi connectivity index (χ2v) is 4.18. The molecule has 0 aliphatic carbocycles. The van der Waals surface area contributed by atoms with Crippen molar-refractivity contribution in [2.24, 2.45) is 0 Å². The molecule has 0 aromatic carbocycles. The number of furan rings is 1. The van der Waals surface area contributed by atoms with Gasteiger partial charge < -0.3 is 32.9 Å². The number of quaternary nitrogens is 1. The van der Waals surface area contributed by atoms with Gasteiger partial charge in [-0.05, 0) is 12.1 Å². The van der Waals surface area contributed by atoms with Crippen molar-refractivity contribution in [1.29, 1.82) is 0 Å². The van der Waals surface area contributed by atoms with E-state index in [1.54, 1.807) is 6.26 Å². The van der Waals surface area contributed by atoms with Crippen LogP contribution in [0.1, 0.15) is 24.6 Å².